The number of nitrogens with one attached hydrogen (secondary N) is 1. The smallest absolute Gasteiger partial charge is 0.255 e. The van der Waals surface area contributed by atoms with Gasteiger partial charge >= 0.3 is 0 Å². The molecule has 0 unspecified atom stereocenters. The van der Waals surface area contributed by atoms with Gasteiger partial charge in [-0.05, 0) is 62.5 Å². The van der Waals surface area contributed by atoms with E-state index in [1.807, 2.05) is 24.3 Å². The van der Waals surface area contributed by atoms with E-state index < -0.39 is 0 Å². The number of benzene rings is 2. The van der Waals surface area contributed by atoms with Gasteiger partial charge in [0.25, 0.3) is 5.91 Å². The number of hydrogen-bond donors (Lipinski definition) is 1. The fourth-order valence-corrected chi connectivity index (χ4v) is 3.59. The van der Waals surface area contributed by atoms with Gasteiger partial charge in [-0.2, -0.15) is 0 Å². The number of likely N-dealkylation sites (N-methyl/N-ethyl adjacent to an activating group) is 1. The molecule has 1 saturated heterocycles. The Morgan fingerprint density at radius 2 is 1.82 bits per heavy atom. The average Bonchev–Trinajstić information content (AvgIpc) is 2.95. The number of halogens is 1. The molecule has 0 atom stereocenters. The minimum absolute atomic E-state index is 0.223. The first-order chi connectivity index (χ1) is 13.6. The molecule has 0 radical (unpaired) electrons. The van der Waals surface area contributed by atoms with Crippen LogP contribution in [0.3, 0.4) is 0 Å². The molecular formula is C22H23FN4O. The molecule has 4 rings (SSSR count). The maximum Gasteiger partial charge on any atom is 0.255 e. The third kappa shape index (κ3) is 3.82. The minimum atomic E-state index is -0.331. The lowest BCUT2D eigenvalue weighted by molar-refractivity contribution is 0.102. The summed E-state index contributed by atoms with van der Waals surface area (Å²) in [6.45, 7) is 4.15. The van der Waals surface area contributed by atoms with Crippen molar-refractivity contribution in [3.63, 3.8) is 0 Å². The first-order valence-electron chi connectivity index (χ1n) is 9.49. The van der Waals surface area contributed by atoms with Crippen molar-refractivity contribution in [2.24, 2.45) is 0 Å². The SMILES string of the molecule is CN1CCCN(c2ccc(C(=O)Nc3ccc(F)c4ccncc34)cc2)CC1. The van der Waals surface area contributed by atoms with E-state index in [1.165, 1.54) is 12.3 Å². The van der Waals surface area contributed by atoms with E-state index in [1.54, 1.807) is 18.3 Å². The Morgan fingerprint density at radius 3 is 2.64 bits per heavy atom. The Bertz CT molecular complexity index is 989. The van der Waals surface area contributed by atoms with Crippen LogP contribution in [0.2, 0.25) is 0 Å². The van der Waals surface area contributed by atoms with Gasteiger partial charge in [-0.15, -0.1) is 0 Å². The van der Waals surface area contributed by atoms with Crippen LogP contribution in [-0.4, -0.2) is 49.0 Å². The number of carbonyl (C=O) groups excluding carboxylic acids is 1. The number of carbonyl (C=O) groups is 1. The zero-order valence-corrected chi connectivity index (χ0v) is 15.9. The van der Waals surface area contributed by atoms with E-state index in [4.69, 9.17) is 0 Å². The predicted molar refractivity (Wildman–Crippen MR) is 110 cm³/mol. The molecule has 0 spiro atoms. The van der Waals surface area contributed by atoms with E-state index in [2.05, 4.69) is 27.1 Å². The standard InChI is InChI=1S/C22H23FN4O/c1-26-11-2-12-27(14-13-26)17-5-3-16(4-6-17)22(28)25-21-8-7-20(23)18-9-10-24-15-19(18)21/h3-10,15H,2,11-14H2,1H3,(H,25,28). The van der Waals surface area contributed by atoms with Crippen LogP contribution in [-0.2, 0) is 0 Å². The molecule has 1 aliphatic rings. The molecule has 28 heavy (non-hydrogen) atoms. The predicted octanol–water partition coefficient (Wildman–Crippen LogP) is 3.77. The van der Waals surface area contributed by atoms with Gasteiger partial charge in [0.1, 0.15) is 5.82 Å². The number of aromatic nitrogens is 1. The summed E-state index contributed by atoms with van der Waals surface area (Å²) in [6.07, 6.45) is 4.23. The van der Waals surface area contributed by atoms with Crippen LogP contribution in [0.1, 0.15) is 16.8 Å². The summed E-state index contributed by atoms with van der Waals surface area (Å²) in [5.41, 5.74) is 2.24. The van der Waals surface area contributed by atoms with Gasteiger partial charge in [-0.25, -0.2) is 4.39 Å². The molecular weight excluding hydrogens is 355 g/mol. The Morgan fingerprint density at radius 1 is 1.00 bits per heavy atom. The van der Waals surface area contributed by atoms with Crippen LogP contribution in [0, 0.1) is 5.82 Å². The van der Waals surface area contributed by atoms with Crippen LogP contribution < -0.4 is 10.2 Å². The molecule has 1 fully saturated rings. The maximum absolute atomic E-state index is 14.0. The normalized spacial score (nSPS) is 15.4. The van der Waals surface area contributed by atoms with Crippen LogP contribution in [0.4, 0.5) is 15.8 Å². The summed E-state index contributed by atoms with van der Waals surface area (Å²) < 4.78 is 14.0. The zero-order valence-electron chi connectivity index (χ0n) is 15.9. The van der Waals surface area contributed by atoms with Crippen molar-refractivity contribution in [3.05, 3.63) is 66.2 Å². The van der Waals surface area contributed by atoms with E-state index in [-0.39, 0.29) is 11.7 Å². The summed E-state index contributed by atoms with van der Waals surface area (Å²) in [7, 11) is 2.14. The lowest BCUT2D eigenvalue weighted by atomic mass is 10.1. The van der Waals surface area contributed by atoms with Crippen molar-refractivity contribution in [2.75, 3.05) is 43.4 Å². The highest BCUT2D eigenvalue weighted by Crippen LogP contribution is 2.26. The van der Waals surface area contributed by atoms with Crippen molar-refractivity contribution in [1.82, 2.24) is 9.88 Å². The van der Waals surface area contributed by atoms with Gasteiger partial charge in [0.2, 0.25) is 0 Å². The quantitative estimate of drug-likeness (QED) is 0.754. The number of anilines is 2. The lowest BCUT2D eigenvalue weighted by Crippen LogP contribution is -2.28. The third-order valence-electron chi connectivity index (χ3n) is 5.23. The molecule has 1 N–H and O–H groups in total. The third-order valence-corrected chi connectivity index (χ3v) is 5.23. The van der Waals surface area contributed by atoms with Crippen molar-refractivity contribution < 1.29 is 9.18 Å². The topological polar surface area (TPSA) is 48.5 Å². The number of nitrogens with zero attached hydrogens (tertiary/aromatic N) is 3. The van der Waals surface area contributed by atoms with E-state index in [0.29, 0.717) is 22.0 Å². The molecule has 6 heteroatoms. The van der Waals surface area contributed by atoms with Crippen LogP contribution >= 0.6 is 0 Å². The van der Waals surface area contributed by atoms with E-state index in [0.717, 1.165) is 38.3 Å². The van der Waals surface area contributed by atoms with Crippen molar-refractivity contribution in [3.8, 4) is 0 Å². The second-order valence-corrected chi connectivity index (χ2v) is 7.16. The molecule has 0 aliphatic carbocycles. The van der Waals surface area contributed by atoms with E-state index in [9.17, 15) is 9.18 Å². The summed E-state index contributed by atoms with van der Waals surface area (Å²) in [5, 5.41) is 3.90. The number of amides is 1. The van der Waals surface area contributed by atoms with Gasteiger partial charge in [0, 0.05) is 54.1 Å². The van der Waals surface area contributed by atoms with Crippen LogP contribution in [0.15, 0.2) is 54.9 Å². The van der Waals surface area contributed by atoms with Crippen molar-refractivity contribution in [1.29, 1.82) is 0 Å². The summed E-state index contributed by atoms with van der Waals surface area (Å²) in [4.78, 5) is 21.4. The van der Waals surface area contributed by atoms with Crippen molar-refractivity contribution in [2.45, 2.75) is 6.42 Å². The second-order valence-electron chi connectivity index (χ2n) is 7.16. The highest BCUT2D eigenvalue weighted by atomic mass is 19.1. The van der Waals surface area contributed by atoms with E-state index >= 15 is 0 Å². The maximum atomic E-state index is 14.0. The Balaban J connectivity index is 1.51. The Labute approximate surface area is 163 Å². The fraction of sp³-hybridized carbons (Fsp3) is 0.273. The zero-order chi connectivity index (χ0) is 19.5. The number of pyridine rings is 1. The second kappa shape index (κ2) is 7.94. The fourth-order valence-electron chi connectivity index (χ4n) is 3.59. The minimum Gasteiger partial charge on any atom is -0.370 e. The average molecular weight is 378 g/mol. The summed E-state index contributed by atoms with van der Waals surface area (Å²) in [6, 6.07) is 12.2. The largest absolute Gasteiger partial charge is 0.370 e. The molecule has 3 aromatic rings. The van der Waals surface area contributed by atoms with Gasteiger partial charge < -0.3 is 15.1 Å². The molecule has 1 aliphatic heterocycles. The highest BCUT2D eigenvalue weighted by molar-refractivity contribution is 6.09. The van der Waals surface area contributed by atoms with Gasteiger partial charge in [-0.3, -0.25) is 9.78 Å². The van der Waals surface area contributed by atoms with Crippen LogP contribution in [0.5, 0.6) is 0 Å². The number of hydrogen-bond acceptors (Lipinski definition) is 4. The van der Waals surface area contributed by atoms with Gasteiger partial charge in [0.05, 0.1) is 5.69 Å². The first kappa shape index (κ1) is 18.4. The molecule has 1 aromatic heterocycles. The summed E-state index contributed by atoms with van der Waals surface area (Å²) >= 11 is 0. The van der Waals surface area contributed by atoms with Gasteiger partial charge in [0.15, 0.2) is 0 Å². The molecule has 1 amide bonds. The Hall–Kier alpha value is -2.99. The summed E-state index contributed by atoms with van der Waals surface area (Å²) in [5.74, 6) is -0.554. The number of fused-ring (bicyclic) bond motifs is 1. The highest BCUT2D eigenvalue weighted by Gasteiger charge is 2.14. The number of rotatable bonds is 3. The monoisotopic (exact) mass is 378 g/mol. The Kier molecular flexibility index (Phi) is 5.21. The molecule has 144 valence electrons. The van der Waals surface area contributed by atoms with Crippen LogP contribution in [0.25, 0.3) is 10.8 Å². The molecule has 5 nitrogen and oxygen atoms in total. The lowest BCUT2D eigenvalue weighted by Gasteiger charge is -2.23. The first-order valence-corrected chi connectivity index (χ1v) is 9.49. The van der Waals surface area contributed by atoms with Gasteiger partial charge in [-0.1, -0.05) is 0 Å². The molecule has 2 heterocycles. The molecule has 0 saturated carbocycles. The molecule has 0 bridgehead atoms. The van der Waals surface area contributed by atoms with Crippen molar-refractivity contribution >= 4 is 28.1 Å². The molecule has 2 aromatic carbocycles.